The van der Waals surface area contributed by atoms with E-state index in [2.05, 4.69) is 15.6 Å². The van der Waals surface area contributed by atoms with Gasteiger partial charge in [-0.15, -0.1) is 0 Å². The zero-order valence-corrected chi connectivity index (χ0v) is 18.0. The van der Waals surface area contributed by atoms with E-state index in [4.69, 9.17) is 4.74 Å². The number of hydrogen-bond donors (Lipinski definition) is 2. The minimum atomic E-state index is -0.294. The van der Waals surface area contributed by atoms with Crippen molar-refractivity contribution in [3.63, 3.8) is 0 Å². The highest BCUT2D eigenvalue weighted by Gasteiger charge is 2.08. The summed E-state index contributed by atoms with van der Waals surface area (Å²) in [5, 5.41) is 5.58. The molecule has 4 rings (SSSR count). The number of carbonyl (C=O) groups excluding carboxylic acids is 1. The molecule has 0 spiro atoms. The maximum Gasteiger partial charge on any atom is 0.319 e. The van der Waals surface area contributed by atoms with E-state index in [1.807, 2.05) is 42.5 Å². The van der Waals surface area contributed by atoms with E-state index in [-0.39, 0.29) is 11.8 Å². The van der Waals surface area contributed by atoms with E-state index in [0.29, 0.717) is 31.0 Å². The second-order valence-corrected chi connectivity index (χ2v) is 7.46. The lowest BCUT2D eigenvalue weighted by atomic mass is 9.98. The Morgan fingerprint density at radius 3 is 2.52 bits per heavy atom. The van der Waals surface area contributed by atoms with Gasteiger partial charge in [-0.05, 0) is 64.7 Å². The van der Waals surface area contributed by atoms with E-state index in [0.717, 1.165) is 22.3 Å². The molecule has 0 atom stereocenters. The lowest BCUT2D eigenvalue weighted by Gasteiger charge is -2.12. The van der Waals surface area contributed by atoms with E-state index in [1.165, 1.54) is 6.07 Å². The number of hydrogen-bond acceptors (Lipinski definition) is 3. The zero-order valence-electron chi connectivity index (χ0n) is 18.0. The molecule has 1 aromatic heterocycles. The topological polar surface area (TPSA) is 63.2 Å². The number of nitrogens with zero attached hydrogens (tertiary/aromatic N) is 1. The van der Waals surface area contributed by atoms with Crippen molar-refractivity contribution in [1.29, 1.82) is 0 Å². The van der Waals surface area contributed by atoms with Crippen molar-refractivity contribution in [2.45, 2.75) is 13.0 Å². The molecular formula is C27H24FN3O2. The van der Waals surface area contributed by atoms with E-state index < -0.39 is 0 Å². The maximum absolute atomic E-state index is 13.8. The summed E-state index contributed by atoms with van der Waals surface area (Å²) in [4.78, 5) is 16.1. The Kier molecular flexibility index (Phi) is 7.28. The lowest BCUT2D eigenvalue weighted by molar-refractivity contribution is 0.251. The van der Waals surface area contributed by atoms with Crippen molar-refractivity contribution in [2.24, 2.45) is 0 Å². The summed E-state index contributed by atoms with van der Waals surface area (Å²) in [6.07, 6.45) is 4.04. The molecule has 5 nitrogen and oxygen atoms in total. The Morgan fingerprint density at radius 1 is 0.939 bits per heavy atom. The van der Waals surface area contributed by atoms with Crippen LogP contribution in [0.2, 0.25) is 0 Å². The standard InChI is InChI=1S/C27H24FN3O2/c28-23-9-8-22(26(17-23)21-6-2-1-3-7-21)14-16-33-25-12-10-24(11-13-25)31-27(32)30-19-20-5-4-15-29-18-20/h1-13,15,17-18H,14,16,19H2,(H2,30,31,32). The van der Waals surface area contributed by atoms with Gasteiger partial charge in [0.25, 0.3) is 0 Å². The highest BCUT2D eigenvalue weighted by Crippen LogP contribution is 2.25. The summed E-state index contributed by atoms with van der Waals surface area (Å²) < 4.78 is 19.7. The van der Waals surface area contributed by atoms with Crippen LogP contribution in [0, 0.1) is 5.82 Å². The molecule has 0 saturated heterocycles. The largest absolute Gasteiger partial charge is 0.493 e. The molecule has 0 saturated carbocycles. The predicted octanol–water partition coefficient (Wildman–Crippen LogP) is 5.83. The summed E-state index contributed by atoms with van der Waals surface area (Å²) in [7, 11) is 0. The molecule has 2 N–H and O–H groups in total. The monoisotopic (exact) mass is 441 g/mol. The molecule has 1 heterocycles. The third-order valence-electron chi connectivity index (χ3n) is 5.08. The maximum atomic E-state index is 13.8. The van der Waals surface area contributed by atoms with Gasteiger partial charge in [0, 0.05) is 31.0 Å². The Balaban J connectivity index is 1.28. The summed E-state index contributed by atoms with van der Waals surface area (Å²) in [6.45, 7) is 0.846. The lowest BCUT2D eigenvalue weighted by Crippen LogP contribution is -2.28. The number of amides is 2. The highest BCUT2D eigenvalue weighted by atomic mass is 19.1. The number of rotatable bonds is 8. The Bertz CT molecular complexity index is 1180. The van der Waals surface area contributed by atoms with Gasteiger partial charge in [0.05, 0.1) is 6.61 Å². The fourth-order valence-corrected chi connectivity index (χ4v) is 3.43. The summed E-state index contributed by atoms with van der Waals surface area (Å²) in [6, 6.07) is 25.2. The van der Waals surface area contributed by atoms with Gasteiger partial charge in [0.2, 0.25) is 0 Å². The number of carbonyl (C=O) groups is 1. The Morgan fingerprint density at radius 2 is 1.76 bits per heavy atom. The summed E-state index contributed by atoms with van der Waals surface area (Å²) in [5.74, 6) is 0.436. The molecule has 0 radical (unpaired) electrons. The SMILES string of the molecule is O=C(NCc1cccnc1)Nc1ccc(OCCc2ccc(F)cc2-c2ccccc2)cc1. The first-order valence-electron chi connectivity index (χ1n) is 10.7. The molecule has 3 aromatic carbocycles. The predicted molar refractivity (Wildman–Crippen MR) is 128 cm³/mol. The third-order valence-corrected chi connectivity index (χ3v) is 5.08. The zero-order chi connectivity index (χ0) is 22.9. The second-order valence-electron chi connectivity index (χ2n) is 7.46. The van der Waals surface area contributed by atoms with Crippen molar-refractivity contribution >= 4 is 11.7 Å². The smallest absolute Gasteiger partial charge is 0.319 e. The molecule has 33 heavy (non-hydrogen) atoms. The molecule has 2 amide bonds. The number of pyridine rings is 1. The summed E-state index contributed by atoms with van der Waals surface area (Å²) in [5.41, 5.74) is 4.45. The Hall–Kier alpha value is -4.19. The molecule has 0 aliphatic heterocycles. The van der Waals surface area contributed by atoms with E-state index in [1.54, 1.807) is 48.8 Å². The minimum Gasteiger partial charge on any atom is -0.493 e. The Labute approximate surface area is 192 Å². The van der Waals surface area contributed by atoms with Crippen LogP contribution in [-0.4, -0.2) is 17.6 Å². The fourth-order valence-electron chi connectivity index (χ4n) is 3.43. The molecule has 0 aliphatic rings. The average Bonchev–Trinajstić information content (AvgIpc) is 2.86. The molecular weight excluding hydrogens is 417 g/mol. The molecule has 0 bridgehead atoms. The highest BCUT2D eigenvalue weighted by molar-refractivity contribution is 5.89. The van der Waals surface area contributed by atoms with Crippen LogP contribution in [0.5, 0.6) is 5.75 Å². The van der Waals surface area contributed by atoms with Crippen molar-refractivity contribution < 1.29 is 13.9 Å². The second kappa shape index (κ2) is 10.9. The van der Waals surface area contributed by atoms with Crippen LogP contribution in [0.15, 0.2) is 97.3 Å². The van der Waals surface area contributed by atoms with Gasteiger partial charge < -0.3 is 15.4 Å². The first-order chi connectivity index (χ1) is 16.2. The van der Waals surface area contributed by atoms with Crippen molar-refractivity contribution in [2.75, 3.05) is 11.9 Å². The molecule has 0 aliphatic carbocycles. The van der Waals surface area contributed by atoms with Crippen LogP contribution in [0.25, 0.3) is 11.1 Å². The summed E-state index contributed by atoms with van der Waals surface area (Å²) >= 11 is 0. The normalized spacial score (nSPS) is 10.5. The number of ether oxygens (including phenoxy) is 1. The van der Waals surface area contributed by atoms with Crippen LogP contribution in [0.1, 0.15) is 11.1 Å². The number of urea groups is 1. The van der Waals surface area contributed by atoms with Gasteiger partial charge in [-0.25, -0.2) is 9.18 Å². The molecule has 4 aromatic rings. The van der Waals surface area contributed by atoms with Gasteiger partial charge >= 0.3 is 6.03 Å². The van der Waals surface area contributed by atoms with Crippen LogP contribution in [0.3, 0.4) is 0 Å². The van der Waals surface area contributed by atoms with Gasteiger partial charge in [-0.2, -0.15) is 0 Å². The number of aromatic nitrogens is 1. The van der Waals surface area contributed by atoms with Crippen molar-refractivity contribution in [3.8, 4) is 16.9 Å². The average molecular weight is 442 g/mol. The molecule has 0 fully saturated rings. The minimum absolute atomic E-state index is 0.258. The first kappa shape index (κ1) is 22.0. The van der Waals surface area contributed by atoms with E-state index >= 15 is 0 Å². The first-order valence-corrected chi connectivity index (χ1v) is 10.7. The van der Waals surface area contributed by atoms with Crippen molar-refractivity contribution in [1.82, 2.24) is 10.3 Å². The van der Waals surface area contributed by atoms with Gasteiger partial charge in [-0.3, -0.25) is 4.98 Å². The third kappa shape index (κ3) is 6.40. The fraction of sp³-hybridized carbons (Fsp3) is 0.111. The molecule has 6 heteroatoms. The van der Waals surface area contributed by atoms with Crippen LogP contribution in [0.4, 0.5) is 14.9 Å². The number of anilines is 1. The van der Waals surface area contributed by atoms with Crippen LogP contribution >= 0.6 is 0 Å². The number of nitrogens with one attached hydrogen (secondary N) is 2. The van der Waals surface area contributed by atoms with Gasteiger partial charge in [-0.1, -0.05) is 42.5 Å². The van der Waals surface area contributed by atoms with Crippen LogP contribution < -0.4 is 15.4 Å². The number of halogens is 1. The molecule has 166 valence electrons. The van der Waals surface area contributed by atoms with Gasteiger partial charge in [0.15, 0.2) is 0 Å². The quantitative estimate of drug-likeness (QED) is 0.362. The van der Waals surface area contributed by atoms with Gasteiger partial charge in [0.1, 0.15) is 11.6 Å². The van der Waals surface area contributed by atoms with Crippen molar-refractivity contribution in [3.05, 3.63) is 114 Å². The van der Waals surface area contributed by atoms with Crippen LogP contribution in [-0.2, 0) is 13.0 Å². The number of benzene rings is 3. The van der Waals surface area contributed by atoms with E-state index in [9.17, 15) is 9.18 Å². The molecule has 0 unspecified atom stereocenters.